The van der Waals surface area contributed by atoms with Crippen LogP contribution in [0.15, 0.2) is 12.1 Å². The number of unbranched alkanes of at least 4 members (excludes halogenated alkanes) is 1. The first-order chi connectivity index (χ1) is 14.0. The van der Waals surface area contributed by atoms with Gasteiger partial charge in [0.05, 0.1) is 27.2 Å². The van der Waals surface area contributed by atoms with E-state index < -0.39 is 0 Å². The molecule has 0 unspecified atom stereocenters. The van der Waals surface area contributed by atoms with Gasteiger partial charge in [-0.3, -0.25) is 4.79 Å². The molecule has 0 bridgehead atoms. The summed E-state index contributed by atoms with van der Waals surface area (Å²) < 4.78 is 16.5. The van der Waals surface area contributed by atoms with Crippen molar-refractivity contribution in [2.24, 2.45) is 5.92 Å². The van der Waals surface area contributed by atoms with E-state index in [1.807, 2.05) is 19.1 Å². The fourth-order valence-corrected chi connectivity index (χ4v) is 3.96. The fraction of sp³-hybridized carbons (Fsp3) is 0.619. The number of methoxy groups -OCH3 is 3. The van der Waals surface area contributed by atoms with Crippen LogP contribution in [0.1, 0.15) is 38.2 Å². The van der Waals surface area contributed by atoms with Crippen molar-refractivity contribution >= 4 is 23.2 Å². The van der Waals surface area contributed by atoms with E-state index in [1.54, 1.807) is 21.3 Å². The molecule has 1 aromatic rings. The summed E-state index contributed by atoms with van der Waals surface area (Å²) in [5.41, 5.74) is 0.969. The molecule has 0 spiro atoms. The van der Waals surface area contributed by atoms with Crippen LogP contribution in [0.3, 0.4) is 0 Å². The number of nitrogens with one attached hydrogen (secondary N) is 2. The predicted molar refractivity (Wildman–Crippen MR) is 118 cm³/mol. The Balaban J connectivity index is 2.36. The summed E-state index contributed by atoms with van der Waals surface area (Å²) in [6, 6.07) is 3.86. The fourth-order valence-electron chi connectivity index (χ4n) is 3.67. The highest BCUT2D eigenvalue weighted by Gasteiger charge is 2.40. The molecule has 0 radical (unpaired) electrons. The third kappa shape index (κ3) is 5.44. The summed E-state index contributed by atoms with van der Waals surface area (Å²) in [7, 11) is 4.77. The van der Waals surface area contributed by atoms with E-state index in [-0.39, 0.29) is 17.7 Å². The molecule has 7 nitrogen and oxygen atoms in total. The highest BCUT2D eigenvalue weighted by atomic mass is 32.1. The number of hydrogen-bond donors (Lipinski definition) is 2. The number of likely N-dealkylation sites (tertiary alicyclic amines) is 1. The van der Waals surface area contributed by atoms with E-state index >= 15 is 0 Å². The van der Waals surface area contributed by atoms with Crippen molar-refractivity contribution in [2.45, 2.75) is 32.6 Å². The molecule has 2 rings (SSSR count). The summed E-state index contributed by atoms with van der Waals surface area (Å²) in [5, 5.41) is 6.95. The predicted octanol–water partition coefficient (Wildman–Crippen LogP) is 2.54. The molecule has 1 fully saturated rings. The molecule has 0 saturated carbocycles. The first kappa shape index (κ1) is 23.1. The van der Waals surface area contributed by atoms with Crippen molar-refractivity contribution in [1.82, 2.24) is 15.5 Å². The average Bonchev–Trinajstić information content (AvgIpc) is 3.18. The van der Waals surface area contributed by atoms with Crippen LogP contribution < -0.4 is 24.8 Å². The Hall–Kier alpha value is -2.22. The van der Waals surface area contributed by atoms with E-state index in [1.165, 1.54) is 0 Å². The second-order valence-electron chi connectivity index (χ2n) is 7.06. The molecule has 2 atom stereocenters. The summed E-state index contributed by atoms with van der Waals surface area (Å²) in [5.74, 6) is 1.51. The van der Waals surface area contributed by atoms with Crippen LogP contribution in [-0.4, -0.2) is 63.4 Å². The van der Waals surface area contributed by atoms with Gasteiger partial charge in [0, 0.05) is 32.1 Å². The van der Waals surface area contributed by atoms with Crippen molar-refractivity contribution < 1.29 is 19.0 Å². The Labute approximate surface area is 179 Å². The zero-order valence-electron chi connectivity index (χ0n) is 18.0. The number of benzene rings is 1. The van der Waals surface area contributed by atoms with Crippen LogP contribution in [0.25, 0.3) is 0 Å². The van der Waals surface area contributed by atoms with Crippen LogP contribution in [0.5, 0.6) is 17.2 Å². The molecular weight excluding hydrogens is 390 g/mol. The minimum absolute atomic E-state index is 0.0399. The molecule has 1 aliphatic rings. The monoisotopic (exact) mass is 423 g/mol. The number of amides is 1. The Bertz CT molecular complexity index is 688. The number of carbonyl (C=O) groups excluding carboxylic acids is 1. The second kappa shape index (κ2) is 11.1. The normalized spacial score (nSPS) is 18.3. The van der Waals surface area contributed by atoms with Gasteiger partial charge in [0.15, 0.2) is 16.6 Å². The molecule has 8 heteroatoms. The molecule has 162 valence electrons. The van der Waals surface area contributed by atoms with Gasteiger partial charge in [0.2, 0.25) is 11.7 Å². The lowest BCUT2D eigenvalue weighted by Crippen LogP contribution is -2.39. The van der Waals surface area contributed by atoms with Gasteiger partial charge in [-0.15, -0.1) is 0 Å². The van der Waals surface area contributed by atoms with Crippen LogP contribution in [0, 0.1) is 5.92 Å². The van der Waals surface area contributed by atoms with Crippen molar-refractivity contribution in [3.63, 3.8) is 0 Å². The molecule has 0 aromatic heterocycles. The van der Waals surface area contributed by atoms with Crippen molar-refractivity contribution in [3.05, 3.63) is 17.7 Å². The van der Waals surface area contributed by atoms with Crippen LogP contribution in [-0.2, 0) is 4.79 Å². The lowest BCUT2D eigenvalue weighted by molar-refractivity contribution is -0.124. The summed E-state index contributed by atoms with van der Waals surface area (Å²) in [4.78, 5) is 15.0. The molecular formula is C21H33N3O4S. The summed E-state index contributed by atoms with van der Waals surface area (Å²) in [6.45, 7) is 6.77. The van der Waals surface area contributed by atoms with Gasteiger partial charge in [-0.05, 0) is 43.3 Å². The van der Waals surface area contributed by atoms with Gasteiger partial charge < -0.3 is 29.7 Å². The van der Waals surface area contributed by atoms with Gasteiger partial charge in [-0.2, -0.15) is 0 Å². The Morgan fingerprint density at radius 3 is 2.28 bits per heavy atom. The third-order valence-electron chi connectivity index (χ3n) is 5.22. The maximum atomic E-state index is 13.0. The summed E-state index contributed by atoms with van der Waals surface area (Å²) in [6.07, 6.45) is 2.00. The second-order valence-corrected chi connectivity index (χ2v) is 7.44. The quantitative estimate of drug-likeness (QED) is 0.467. The van der Waals surface area contributed by atoms with Crippen LogP contribution >= 0.6 is 12.2 Å². The molecule has 2 N–H and O–H groups in total. The highest BCUT2D eigenvalue weighted by molar-refractivity contribution is 7.80. The topological polar surface area (TPSA) is 72.1 Å². The van der Waals surface area contributed by atoms with Gasteiger partial charge in [-0.1, -0.05) is 13.3 Å². The third-order valence-corrected chi connectivity index (χ3v) is 5.62. The number of carbonyl (C=O) groups is 1. The maximum Gasteiger partial charge on any atom is 0.225 e. The van der Waals surface area contributed by atoms with E-state index in [0.29, 0.717) is 42.0 Å². The van der Waals surface area contributed by atoms with Crippen molar-refractivity contribution in [3.8, 4) is 17.2 Å². The van der Waals surface area contributed by atoms with Gasteiger partial charge >= 0.3 is 0 Å². The number of thiocarbonyl (C=S) groups is 1. The number of ether oxygens (including phenoxy) is 3. The number of rotatable bonds is 9. The Morgan fingerprint density at radius 2 is 1.76 bits per heavy atom. The highest BCUT2D eigenvalue weighted by Crippen LogP contribution is 2.43. The molecule has 1 aliphatic heterocycles. The van der Waals surface area contributed by atoms with Crippen molar-refractivity contribution in [1.29, 1.82) is 0 Å². The SMILES string of the molecule is CCCCNC(=O)[C@H]1CN(C(=S)NCC)C[C@@H]1c1cc(OC)c(OC)c(OC)c1. The van der Waals surface area contributed by atoms with Gasteiger partial charge in [0.25, 0.3) is 0 Å². The molecule has 0 aliphatic carbocycles. The molecule has 1 heterocycles. The van der Waals surface area contributed by atoms with E-state index in [9.17, 15) is 4.79 Å². The average molecular weight is 424 g/mol. The van der Waals surface area contributed by atoms with Crippen LogP contribution in [0.2, 0.25) is 0 Å². The minimum atomic E-state index is -0.216. The lowest BCUT2D eigenvalue weighted by atomic mass is 9.88. The Kier molecular flexibility index (Phi) is 8.82. The summed E-state index contributed by atoms with van der Waals surface area (Å²) >= 11 is 5.51. The number of hydrogen-bond acceptors (Lipinski definition) is 5. The minimum Gasteiger partial charge on any atom is -0.493 e. The van der Waals surface area contributed by atoms with E-state index in [4.69, 9.17) is 26.4 Å². The molecule has 1 amide bonds. The first-order valence-electron chi connectivity index (χ1n) is 10.1. The van der Waals surface area contributed by atoms with E-state index in [0.717, 1.165) is 24.9 Å². The van der Waals surface area contributed by atoms with Crippen molar-refractivity contribution in [2.75, 3.05) is 47.5 Å². The zero-order chi connectivity index (χ0) is 21.4. The lowest BCUT2D eigenvalue weighted by Gasteiger charge is -2.21. The van der Waals surface area contributed by atoms with Crippen LogP contribution in [0.4, 0.5) is 0 Å². The first-order valence-corrected chi connectivity index (χ1v) is 10.5. The number of nitrogens with zero attached hydrogens (tertiary/aromatic N) is 1. The van der Waals surface area contributed by atoms with E-state index in [2.05, 4.69) is 22.5 Å². The molecule has 1 aromatic carbocycles. The largest absolute Gasteiger partial charge is 0.493 e. The molecule has 29 heavy (non-hydrogen) atoms. The Morgan fingerprint density at radius 1 is 1.10 bits per heavy atom. The molecule has 1 saturated heterocycles. The van der Waals surface area contributed by atoms with Gasteiger partial charge in [-0.25, -0.2) is 0 Å². The standard InChI is InChI=1S/C21H33N3O4S/c1-6-8-9-23-20(25)16-13-24(21(29)22-7-2)12-15(16)14-10-17(26-3)19(28-5)18(11-14)27-4/h10-11,15-16H,6-9,12-13H2,1-5H3,(H,22,29)(H,23,25)/t15-,16+/m1/s1. The zero-order valence-corrected chi connectivity index (χ0v) is 18.9. The maximum absolute atomic E-state index is 13.0. The smallest absolute Gasteiger partial charge is 0.225 e. The van der Waals surface area contributed by atoms with Gasteiger partial charge in [0.1, 0.15) is 0 Å².